The SMILES string of the molecule is CN1CCC(N(C)Cl)CC1. The maximum absolute atomic E-state index is 5.82. The fourth-order valence-corrected chi connectivity index (χ4v) is 1.55. The van der Waals surface area contributed by atoms with Gasteiger partial charge in [-0.25, -0.2) is 4.42 Å². The molecule has 0 aromatic heterocycles. The van der Waals surface area contributed by atoms with Gasteiger partial charge in [-0.2, -0.15) is 0 Å². The first-order valence-electron chi connectivity index (χ1n) is 3.77. The van der Waals surface area contributed by atoms with Gasteiger partial charge in [0.1, 0.15) is 0 Å². The van der Waals surface area contributed by atoms with Gasteiger partial charge in [0.25, 0.3) is 0 Å². The lowest BCUT2D eigenvalue weighted by Crippen LogP contribution is -2.38. The van der Waals surface area contributed by atoms with E-state index in [0.717, 1.165) is 0 Å². The molecular formula is C7H15ClN2. The molecule has 0 aliphatic carbocycles. The summed E-state index contributed by atoms with van der Waals surface area (Å²) in [5.74, 6) is 0. The predicted octanol–water partition coefficient (Wildman–Crippen LogP) is 1.17. The fraction of sp³-hybridized carbons (Fsp3) is 1.00. The van der Waals surface area contributed by atoms with Gasteiger partial charge in [-0.15, -0.1) is 0 Å². The summed E-state index contributed by atoms with van der Waals surface area (Å²) in [7, 11) is 4.10. The van der Waals surface area contributed by atoms with Gasteiger partial charge in [0.05, 0.1) is 0 Å². The normalized spacial score (nSPS) is 24.0. The third kappa shape index (κ3) is 2.11. The summed E-state index contributed by atoms with van der Waals surface area (Å²) < 4.78 is 1.81. The fourth-order valence-electron chi connectivity index (χ4n) is 1.35. The number of piperidine rings is 1. The Labute approximate surface area is 67.9 Å². The van der Waals surface area contributed by atoms with Gasteiger partial charge in [-0.1, -0.05) is 0 Å². The Balaban J connectivity index is 2.26. The summed E-state index contributed by atoms with van der Waals surface area (Å²) >= 11 is 5.82. The molecule has 1 rings (SSSR count). The van der Waals surface area contributed by atoms with Crippen LogP contribution in [-0.4, -0.2) is 42.5 Å². The predicted molar refractivity (Wildman–Crippen MR) is 44.1 cm³/mol. The van der Waals surface area contributed by atoms with Crippen LogP contribution in [-0.2, 0) is 0 Å². The number of halogens is 1. The molecule has 0 atom stereocenters. The Hall–Kier alpha value is 0.210. The minimum absolute atomic E-state index is 0.595. The van der Waals surface area contributed by atoms with E-state index in [1.807, 2.05) is 11.5 Å². The van der Waals surface area contributed by atoms with Gasteiger partial charge in [-0.3, -0.25) is 0 Å². The average molecular weight is 163 g/mol. The van der Waals surface area contributed by atoms with Crippen LogP contribution >= 0.6 is 11.8 Å². The molecule has 0 amide bonds. The van der Waals surface area contributed by atoms with Crippen molar-refractivity contribution < 1.29 is 0 Å². The molecule has 0 radical (unpaired) electrons. The number of hydrogen-bond donors (Lipinski definition) is 0. The van der Waals surface area contributed by atoms with Crippen LogP contribution in [0.15, 0.2) is 0 Å². The Morgan fingerprint density at radius 1 is 1.40 bits per heavy atom. The Kier molecular flexibility index (Phi) is 2.96. The highest BCUT2D eigenvalue weighted by atomic mass is 35.5. The van der Waals surface area contributed by atoms with Crippen LogP contribution in [0.3, 0.4) is 0 Å². The molecule has 0 aromatic rings. The van der Waals surface area contributed by atoms with Crippen LogP contribution in [0, 0.1) is 0 Å². The van der Waals surface area contributed by atoms with E-state index in [2.05, 4.69) is 11.9 Å². The third-order valence-corrected chi connectivity index (χ3v) is 2.47. The summed E-state index contributed by atoms with van der Waals surface area (Å²) in [6, 6.07) is 0.595. The maximum Gasteiger partial charge on any atom is 0.0272 e. The van der Waals surface area contributed by atoms with E-state index in [9.17, 15) is 0 Å². The monoisotopic (exact) mass is 162 g/mol. The second-order valence-electron chi connectivity index (χ2n) is 3.06. The van der Waals surface area contributed by atoms with Crippen molar-refractivity contribution in [3.05, 3.63) is 0 Å². The van der Waals surface area contributed by atoms with Gasteiger partial charge in [-0.05, 0) is 44.8 Å². The van der Waals surface area contributed by atoms with Gasteiger partial charge in [0, 0.05) is 13.1 Å². The summed E-state index contributed by atoms with van der Waals surface area (Å²) in [5.41, 5.74) is 0. The number of nitrogens with zero attached hydrogens (tertiary/aromatic N) is 2. The highest BCUT2D eigenvalue weighted by Crippen LogP contribution is 2.14. The second kappa shape index (κ2) is 3.56. The molecule has 1 heterocycles. The van der Waals surface area contributed by atoms with Crippen LogP contribution in [0.1, 0.15) is 12.8 Å². The van der Waals surface area contributed by atoms with Crippen molar-refractivity contribution >= 4 is 11.8 Å². The molecule has 2 nitrogen and oxygen atoms in total. The quantitative estimate of drug-likeness (QED) is 0.534. The minimum Gasteiger partial charge on any atom is -0.306 e. The maximum atomic E-state index is 5.82. The first-order chi connectivity index (χ1) is 4.70. The van der Waals surface area contributed by atoms with E-state index in [1.165, 1.54) is 25.9 Å². The van der Waals surface area contributed by atoms with Crippen molar-refractivity contribution in [1.82, 2.24) is 9.32 Å². The van der Waals surface area contributed by atoms with Crippen LogP contribution in [0.4, 0.5) is 0 Å². The topological polar surface area (TPSA) is 6.48 Å². The lowest BCUT2D eigenvalue weighted by molar-refractivity contribution is 0.201. The molecule has 1 fully saturated rings. The molecule has 0 aromatic carbocycles. The molecule has 1 aliphatic heterocycles. The van der Waals surface area contributed by atoms with Crippen LogP contribution < -0.4 is 0 Å². The molecule has 60 valence electrons. The van der Waals surface area contributed by atoms with Crippen molar-refractivity contribution in [1.29, 1.82) is 0 Å². The zero-order valence-corrected chi connectivity index (χ0v) is 7.43. The summed E-state index contributed by atoms with van der Waals surface area (Å²) in [5, 5.41) is 0. The van der Waals surface area contributed by atoms with E-state index in [1.54, 1.807) is 0 Å². The lowest BCUT2D eigenvalue weighted by atomic mass is 10.1. The summed E-state index contributed by atoms with van der Waals surface area (Å²) in [4.78, 5) is 2.34. The minimum atomic E-state index is 0.595. The first kappa shape index (κ1) is 8.31. The molecule has 0 unspecified atom stereocenters. The first-order valence-corrected chi connectivity index (χ1v) is 4.11. The number of likely N-dealkylation sites (tertiary alicyclic amines) is 1. The molecule has 1 saturated heterocycles. The van der Waals surface area contributed by atoms with Gasteiger partial charge in [0.15, 0.2) is 0 Å². The zero-order chi connectivity index (χ0) is 7.56. The van der Waals surface area contributed by atoms with Gasteiger partial charge < -0.3 is 4.90 Å². The molecular weight excluding hydrogens is 148 g/mol. The smallest absolute Gasteiger partial charge is 0.0272 e. The number of hydrogen-bond acceptors (Lipinski definition) is 2. The molecule has 0 saturated carbocycles. The lowest BCUT2D eigenvalue weighted by Gasteiger charge is -2.31. The highest BCUT2D eigenvalue weighted by Gasteiger charge is 2.18. The standard InChI is InChI=1S/C7H15ClN2/c1-9-5-3-7(4-6-9)10(2)8/h7H,3-6H2,1-2H3. The Morgan fingerprint density at radius 3 is 2.30 bits per heavy atom. The molecule has 3 heteroatoms. The van der Waals surface area contributed by atoms with Crippen molar-refractivity contribution in [2.24, 2.45) is 0 Å². The second-order valence-corrected chi connectivity index (χ2v) is 3.59. The van der Waals surface area contributed by atoms with Crippen LogP contribution in [0.5, 0.6) is 0 Å². The van der Waals surface area contributed by atoms with E-state index >= 15 is 0 Å². The van der Waals surface area contributed by atoms with Crippen molar-refractivity contribution in [2.45, 2.75) is 18.9 Å². The molecule has 1 aliphatic rings. The van der Waals surface area contributed by atoms with Crippen LogP contribution in [0.25, 0.3) is 0 Å². The highest BCUT2D eigenvalue weighted by molar-refractivity contribution is 6.13. The Morgan fingerprint density at radius 2 is 1.90 bits per heavy atom. The van der Waals surface area contributed by atoms with Crippen molar-refractivity contribution in [3.63, 3.8) is 0 Å². The van der Waals surface area contributed by atoms with Gasteiger partial charge in [0.2, 0.25) is 0 Å². The molecule has 10 heavy (non-hydrogen) atoms. The molecule has 0 N–H and O–H groups in total. The average Bonchev–Trinajstić information content (AvgIpc) is 1.88. The van der Waals surface area contributed by atoms with Crippen molar-refractivity contribution in [3.8, 4) is 0 Å². The van der Waals surface area contributed by atoms with Gasteiger partial charge >= 0.3 is 0 Å². The van der Waals surface area contributed by atoms with E-state index in [0.29, 0.717) is 6.04 Å². The number of rotatable bonds is 1. The van der Waals surface area contributed by atoms with E-state index in [4.69, 9.17) is 11.8 Å². The third-order valence-electron chi connectivity index (χ3n) is 2.19. The molecule has 0 bridgehead atoms. The van der Waals surface area contributed by atoms with E-state index in [-0.39, 0.29) is 0 Å². The Bertz CT molecular complexity index is 97.8. The molecule has 0 spiro atoms. The van der Waals surface area contributed by atoms with Crippen LogP contribution in [0.2, 0.25) is 0 Å². The largest absolute Gasteiger partial charge is 0.306 e. The zero-order valence-electron chi connectivity index (χ0n) is 6.68. The summed E-state index contributed by atoms with van der Waals surface area (Å²) in [6.07, 6.45) is 2.41. The summed E-state index contributed by atoms with van der Waals surface area (Å²) in [6.45, 7) is 2.36. The van der Waals surface area contributed by atoms with E-state index < -0.39 is 0 Å². The van der Waals surface area contributed by atoms with Crippen molar-refractivity contribution in [2.75, 3.05) is 27.2 Å².